The lowest BCUT2D eigenvalue weighted by Crippen LogP contribution is -2.33. The Hall–Kier alpha value is -0.120. The van der Waals surface area contributed by atoms with Gasteiger partial charge in [-0.15, -0.1) is 0 Å². The average Bonchev–Trinajstić information content (AvgIpc) is 2.13. The zero-order chi connectivity index (χ0) is 11.9. The van der Waals surface area contributed by atoms with Gasteiger partial charge in [0.25, 0.3) is 0 Å². The van der Waals surface area contributed by atoms with E-state index in [1.165, 1.54) is 0 Å². The average molecular weight is 217 g/mol. The summed E-state index contributed by atoms with van der Waals surface area (Å²) in [6.45, 7) is 7.76. The summed E-state index contributed by atoms with van der Waals surface area (Å²) in [5.41, 5.74) is 0.319. The second kappa shape index (κ2) is 7.20. The van der Waals surface area contributed by atoms with Gasteiger partial charge in [0.15, 0.2) is 0 Å². The van der Waals surface area contributed by atoms with E-state index in [0.29, 0.717) is 5.41 Å². The second-order valence-electron chi connectivity index (χ2n) is 5.49. The third kappa shape index (κ3) is 8.85. The Kier molecular flexibility index (Phi) is 7.14. The number of aliphatic hydroxyl groups is 2. The first-order valence-corrected chi connectivity index (χ1v) is 5.86. The lowest BCUT2D eigenvalue weighted by Gasteiger charge is -2.27. The van der Waals surface area contributed by atoms with Crippen molar-refractivity contribution in [1.82, 2.24) is 4.90 Å². The van der Waals surface area contributed by atoms with E-state index in [0.717, 1.165) is 32.2 Å². The molecule has 3 nitrogen and oxygen atoms in total. The van der Waals surface area contributed by atoms with E-state index in [4.69, 9.17) is 5.11 Å². The smallest absolute Gasteiger partial charge is 0.107 e. The molecule has 0 aromatic carbocycles. The molecule has 0 saturated heterocycles. The number of unbranched alkanes of at least 4 members (excludes halogenated alkanes) is 1. The summed E-state index contributed by atoms with van der Waals surface area (Å²) in [7, 11) is 1.95. The fraction of sp³-hybridized carbons (Fsp3) is 1.00. The SMILES string of the molecule is CN(CCC(C)(C)C)C(O)CCCCO. The van der Waals surface area contributed by atoms with Crippen molar-refractivity contribution in [3.63, 3.8) is 0 Å². The molecule has 0 fully saturated rings. The van der Waals surface area contributed by atoms with Gasteiger partial charge in [0.05, 0.1) is 0 Å². The molecular formula is C12H27NO2. The monoisotopic (exact) mass is 217 g/mol. The van der Waals surface area contributed by atoms with E-state index in [9.17, 15) is 5.11 Å². The predicted molar refractivity (Wildman–Crippen MR) is 63.6 cm³/mol. The maximum Gasteiger partial charge on any atom is 0.107 e. The zero-order valence-corrected chi connectivity index (χ0v) is 10.7. The van der Waals surface area contributed by atoms with Crippen LogP contribution < -0.4 is 0 Å². The van der Waals surface area contributed by atoms with Gasteiger partial charge in [-0.3, -0.25) is 4.90 Å². The minimum atomic E-state index is -0.362. The van der Waals surface area contributed by atoms with Gasteiger partial charge in [0.2, 0.25) is 0 Å². The highest BCUT2D eigenvalue weighted by Crippen LogP contribution is 2.19. The first kappa shape index (κ1) is 14.9. The van der Waals surface area contributed by atoms with Crippen molar-refractivity contribution < 1.29 is 10.2 Å². The van der Waals surface area contributed by atoms with Gasteiger partial charge in [-0.1, -0.05) is 20.8 Å². The fourth-order valence-corrected chi connectivity index (χ4v) is 1.32. The summed E-state index contributed by atoms with van der Waals surface area (Å²) in [4.78, 5) is 1.99. The third-order valence-corrected chi connectivity index (χ3v) is 2.59. The molecule has 0 aromatic rings. The minimum absolute atomic E-state index is 0.221. The van der Waals surface area contributed by atoms with Gasteiger partial charge in [0.1, 0.15) is 6.23 Å². The molecule has 0 aliphatic carbocycles. The normalized spacial score (nSPS) is 14.6. The molecule has 0 rings (SSSR count). The summed E-state index contributed by atoms with van der Waals surface area (Å²) >= 11 is 0. The highest BCUT2D eigenvalue weighted by atomic mass is 16.3. The fourth-order valence-electron chi connectivity index (χ4n) is 1.32. The Morgan fingerprint density at radius 2 is 1.80 bits per heavy atom. The molecule has 0 heterocycles. The van der Waals surface area contributed by atoms with E-state index in [-0.39, 0.29) is 12.8 Å². The lowest BCUT2D eigenvalue weighted by atomic mass is 9.92. The number of hydrogen-bond acceptors (Lipinski definition) is 3. The van der Waals surface area contributed by atoms with Gasteiger partial charge in [0, 0.05) is 13.2 Å². The van der Waals surface area contributed by atoms with Crippen LogP contribution in [0.25, 0.3) is 0 Å². The second-order valence-corrected chi connectivity index (χ2v) is 5.49. The van der Waals surface area contributed by atoms with Crippen molar-refractivity contribution in [2.45, 2.75) is 52.7 Å². The van der Waals surface area contributed by atoms with E-state index < -0.39 is 0 Å². The van der Waals surface area contributed by atoms with Gasteiger partial charge < -0.3 is 10.2 Å². The summed E-state index contributed by atoms with van der Waals surface area (Å²) in [6, 6.07) is 0. The first-order valence-electron chi connectivity index (χ1n) is 5.86. The van der Waals surface area contributed by atoms with Crippen LogP contribution in [0.1, 0.15) is 46.5 Å². The minimum Gasteiger partial charge on any atom is -0.396 e. The molecule has 0 spiro atoms. The van der Waals surface area contributed by atoms with E-state index in [1.807, 2.05) is 11.9 Å². The van der Waals surface area contributed by atoms with Crippen molar-refractivity contribution >= 4 is 0 Å². The first-order chi connectivity index (χ1) is 6.87. The van der Waals surface area contributed by atoms with Crippen LogP contribution >= 0.6 is 0 Å². The number of nitrogens with zero attached hydrogens (tertiary/aromatic N) is 1. The molecule has 0 amide bonds. The number of hydrogen-bond donors (Lipinski definition) is 2. The van der Waals surface area contributed by atoms with Crippen LogP contribution in [0, 0.1) is 5.41 Å². The maximum absolute atomic E-state index is 9.79. The molecule has 0 saturated carbocycles. The van der Waals surface area contributed by atoms with Gasteiger partial charge in [-0.05, 0) is 38.1 Å². The Morgan fingerprint density at radius 3 is 2.27 bits per heavy atom. The third-order valence-electron chi connectivity index (χ3n) is 2.59. The van der Waals surface area contributed by atoms with Crippen LogP contribution in [0.4, 0.5) is 0 Å². The number of rotatable bonds is 7. The van der Waals surface area contributed by atoms with Gasteiger partial charge >= 0.3 is 0 Å². The summed E-state index contributed by atoms with van der Waals surface area (Å²) in [5, 5.41) is 18.4. The van der Waals surface area contributed by atoms with Crippen molar-refractivity contribution in [3.05, 3.63) is 0 Å². The molecule has 0 aliphatic heterocycles. The number of aliphatic hydroxyl groups excluding tert-OH is 2. The summed E-state index contributed by atoms with van der Waals surface area (Å²) in [6.07, 6.45) is 3.14. The maximum atomic E-state index is 9.79. The summed E-state index contributed by atoms with van der Waals surface area (Å²) < 4.78 is 0. The molecule has 0 bridgehead atoms. The molecule has 0 radical (unpaired) electrons. The molecule has 2 N–H and O–H groups in total. The Labute approximate surface area is 94.1 Å². The van der Waals surface area contributed by atoms with Gasteiger partial charge in [-0.2, -0.15) is 0 Å². The molecule has 1 unspecified atom stereocenters. The van der Waals surface area contributed by atoms with Crippen LogP contribution in [0.15, 0.2) is 0 Å². The molecule has 3 heteroatoms. The lowest BCUT2D eigenvalue weighted by molar-refractivity contribution is 0.00776. The van der Waals surface area contributed by atoms with Crippen molar-refractivity contribution in [1.29, 1.82) is 0 Å². The molecular weight excluding hydrogens is 190 g/mol. The van der Waals surface area contributed by atoms with Crippen LogP contribution in [0.3, 0.4) is 0 Å². The quantitative estimate of drug-likeness (QED) is 0.505. The topological polar surface area (TPSA) is 43.7 Å². The van der Waals surface area contributed by atoms with Crippen LogP contribution in [-0.4, -0.2) is 41.5 Å². The molecule has 0 aromatic heterocycles. The van der Waals surface area contributed by atoms with Crippen molar-refractivity contribution in [2.24, 2.45) is 5.41 Å². The highest BCUT2D eigenvalue weighted by molar-refractivity contribution is 4.65. The molecule has 15 heavy (non-hydrogen) atoms. The van der Waals surface area contributed by atoms with Gasteiger partial charge in [-0.25, -0.2) is 0 Å². The Bertz CT molecular complexity index is 154. The van der Waals surface area contributed by atoms with E-state index in [1.54, 1.807) is 0 Å². The largest absolute Gasteiger partial charge is 0.396 e. The zero-order valence-electron chi connectivity index (χ0n) is 10.7. The van der Waals surface area contributed by atoms with E-state index >= 15 is 0 Å². The Balaban J connectivity index is 3.64. The molecule has 1 atom stereocenters. The van der Waals surface area contributed by atoms with Crippen LogP contribution in [0.5, 0.6) is 0 Å². The predicted octanol–water partition coefficient (Wildman–Crippen LogP) is 1.84. The standard InChI is InChI=1S/C12H27NO2/c1-12(2,3)8-9-13(4)11(15)7-5-6-10-14/h11,14-15H,5-10H2,1-4H3. The van der Waals surface area contributed by atoms with Crippen LogP contribution in [0.2, 0.25) is 0 Å². The van der Waals surface area contributed by atoms with Crippen LogP contribution in [-0.2, 0) is 0 Å². The highest BCUT2D eigenvalue weighted by Gasteiger charge is 2.15. The molecule has 0 aliphatic rings. The Morgan fingerprint density at radius 1 is 1.20 bits per heavy atom. The molecule has 92 valence electrons. The van der Waals surface area contributed by atoms with E-state index in [2.05, 4.69) is 20.8 Å². The van der Waals surface area contributed by atoms with Crippen molar-refractivity contribution in [2.75, 3.05) is 20.2 Å². The van der Waals surface area contributed by atoms with Crippen molar-refractivity contribution in [3.8, 4) is 0 Å². The summed E-state index contributed by atoms with van der Waals surface area (Å²) in [5.74, 6) is 0.